The van der Waals surface area contributed by atoms with Gasteiger partial charge >= 0.3 is 0 Å². The average Bonchev–Trinajstić information content (AvgIpc) is 2.67. The van der Waals surface area contributed by atoms with E-state index in [-0.39, 0.29) is 11.6 Å². The van der Waals surface area contributed by atoms with Gasteiger partial charge in [0.05, 0.1) is 29.4 Å². The van der Waals surface area contributed by atoms with E-state index in [1.54, 1.807) is 36.5 Å². The highest BCUT2D eigenvalue weighted by atomic mass is 16.6. The fourth-order valence-corrected chi connectivity index (χ4v) is 2.66. The van der Waals surface area contributed by atoms with Crippen molar-refractivity contribution in [1.29, 1.82) is 0 Å². The van der Waals surface area contributed by atoms with Crippen molar-refractivity contribution < 1.29 is 14.5 Å². The number of nitro benzene ring substituents is 1. The van der Waals surface area contributed by atoms with E-state index in [0.717, 1.165) is 0 Å². The molecular weight excluding hydrogens is 336 g/mol. The van der Waals surface area contributed by atoms with Crippen LogP contribution in [0.5, 0.6) is 0 Å². The van der Waals surface area contributed by atoms with Crippen LogP contribution in [-0.4, -0.2) is 42.1 Å². The number of benzene rings is 1. The van der Waals surface area contributed by atoms with Gasteiger partial charge in [-0.25, -0.2) is 4.98 Å². The minimum absolute atomic E-state index is 0.0491. The van der Waals surface area contributed by atoms with Gasteiger partial charge in [0.15, 0.2) is 5.82 Å². The normalized spacial score (nSPS) is 14.4. The predicted molar refractivity (Wildman–Crippen MR) is 98.0 cm³/mol. The molecule has 134 valence electrons. The topological polar surface area (TPSA) is 97.6 Å². The summed E-state index contributed by atoms with van der Waals surface area (Å²) in [5, 5.41) is 13.8. The molecule has 2 aromatic rings. The zero-order valence-corrected chi connectivity index (χ0v) is 14.0. The molecule has 1 aliphatic rings. The monoisotopic (exact) mass is 354 g/mol. The van der Waals surface area contributed by atoms with E-state index in [2.05, 4.69) is 10.3 Å². The second kappa shape index (κ2) is 8.21. The molecule has 0 spiro atoms. The van der Waals surface area contributed by atoms with E-state index in [4.69, 9.17) is 4.74 Å². The Morgan fingerprint density at radius 2 is 2.00 bits per heavy atom. The Hall–Kier alpha value is -3.26. The number of nitrogens with one attached hydrogen (secondary N) is 1. The number of rotatable bonds is 5. The lowest BCUT2D eigenvalue weighted by Crippen LogP contribution is -2.37. The first-order chi connectivity index (χ1) is 12.6. The molecule has 0 saturated carbocycles. The highest BCUT2D eigenvalue weighted by molar-refractivity contribution is 6.03. The van der Waals surface area contributed by atoms with Crippen LogP contribution in [0.3, 0.4) is 0 Å². The van der Waals surface area contributed by atoms with Crippen LogP contribution in [0.4, 0.5) is 17.2 Å². The number of hydrogen-bond donors (Lipinski definition) is 1. The van der Waals surface area contributed by atoms with E-state index in [0.29, 0.717) is 43.4 Å². The van der Waals surface area contributed by atoms with Crippen molar-refractivity contribution in [2.45, 2.75) is 0 Å². The molecule has 8 nitrogen and oxygen atoms in total. The number of anilines is 2. The highest BCUT2D eigenvalue weighted by Gasteiger charge is 2.16. The molecule has 0 bridgehead atoms. The third-order valence-corrected chi connectivity index (χ3v) is 3.90. The van der Waals surface area contributed by atoms with E-state index in [9.17, 15) is 14.9 Å². The lowest BCUT2D eigenvalue weighted by Gasteiger charge is -2.29. The summed E-state index contributed by atoms with van der Waals surface area (Å²) in [5.41, 5.74) is 0.908. The molecule has 1 aromatic heterocycles. The highest BCUT2D eigenvalue weighted by Crippen LogP contribution is 2.24. The number of carbonyl (C=O) groups excluding carboxylic acids is 1. The van der Waals surface area contributed by atoms with Crippen molar-refractivity contribution in [3.8, 4) is 0 Å². The van der Waals surface area contributed by atoms with Gasteiger partial charge in [-0.05, 0) is 24.3 Å². The molecule has 8 heteroatoms. The van der Waals surface area contributed by atoms with Gasteiger partial charge in [-0.3, -0.25) is 14.9 Å². The number of hydrogen-bond acceptors (Lipinski definition) is 6. The number of morpholine rings is 1. The maximum atomic E-state index is 12.3. The first-order valence-electron chi connectivity index (χ1n) is 8.15. The number of para-hydroxylation sites is 1. The van der Waals surface area contributed by atoms with Gasteiger partial charge < -0.3 is 15.0 Å². The molecule has 1 N–H and O–H groups in total. The molecule has 1 amide bonds. The van der Waals surface area contributed by atoms with Crippen molar-refractivity contribution in [2.75, 3.05) is 36.5 Å². The van der Waals surface area contributed by atoms with E-state index in [1.807, 2.05) is 4.90 Å². The van der Waals surface area contributed by atoms with Crippen LogP contribution in [0.25, 0.3) is 6.08 Å². The number of pyridine rings is 1. The van der Waals surface area contributed by atoms with Gasteiger partial charge in [-0.1, -0.05) is 12.1 Å². The number of nitro groups is 1. The number of carbonyl (C=O) groups is 1. The maximum absolute atomic E-state index is 12.3. The number of nitrogens with zero attached hydrogens (tertiary/aromatic N) is 3. The second-order valence-corrected chi connectivity index (χ2v) is 5.61. The van der Waals surface area contributed by atoms with Gasteiger partial charge in [0.2, 0.25) is 5.91 Å². The Morgan fingerprint density at radius 1 is 1.23 bits per heavy atom. The molecule has 2 heterocycles. The molecule has 0 radical (unpaired) electrons. The molecule has 0 aliphatic carbocycles. The minimum atomic E-state index is -0.477. The van der Waals surface area contributed by atoms with Gasteiger partial charge in [-0.2, -0.15) is 0 Å². The van der Waals surface area contributed by atoms with Gasteiger partial charge in [0.1, 0.15) is 0 Å². The standard InChI is InChI=1S/C18H18N4O4/c23-17(8-7-14-4-1-2-6-16(14)22(24)25)20-15-5-3-9-19-18(15)21-10-12-26-13-11-21/h1-9H,10-13H2,(H,20,23)/b8-7+. The first-order valence-corrected chi connectivity index (χ1v) is 8.15. The van der Waals surface area contributed by atoms with Crippen molar-refractivity contribution in [3.05, 3.63) is 64.3 Å². The number of aromatic nitrogens is 1. The smallest absolute Gasteiger partial charge is 0.276 e. The van der Waals surface area contributed by atoms with E-state index < -0.39 is 4.92 Å². The third-order valence-electron chi connectivity index (χ3n) is 3.90. The zero-order chi connectivity index (χ0) is 18.4. The van der Waals surface area contributed by atoms with Crippen molar-refractivity contribution >= 4 is 29.2 Å². The van der Waals surface area contributed by atoms with Crippen LogP contribution in [-0.2, 0) is 9.53 Å². The largest absolute Gasteiger partial charge is 0.378 e. The van der Waals surface area contributed by atoms with Crippen LogP contribution in [0, 0.1) is 10.1 Å². The first kappa shape index (κ1) is 17.6. The summed E-state index contributed by atoms with van der Waals surface area (Å²) >= 11 is 0. The summed E-state index contributed by atoms with van der Waals surface area (Å²) in [5.74, 6) is 0.300. The summed E-state index contributed by atoms with van der Waals surface area (Å²) in [6, 6.07) is 9.77. The summed E-state index contributed by atoms with van der Waals surface area (Å²) < 4.78 is 5.34. The SMILES string of the molecule is O=C(/C=C/c1ccccc1[N+](=O)[O-])Nc1cccnc1N1CCOCC1. The summed E-state index contributed by atoms with van der Waals surface area (Å²) in [4.78, 5) is 29.2. The average molecular weight is 354 g/mol. The Labute approximate surface area is 150 Å². The third kappa shape index (κ3) is 4.22. The lowest BCUT2D eigenvalue weighted by atomic mass is 10.1. The van der Waals surface area contributed by atoms with Gasteiger partial charge in [0.25, 0.3) is 5.69 Å². The second-order valence-electron chi connectivity index (χ2n) is 5.61. The van der Waals surface area contributed by atoms with E-state index >= 15 is 0 Å². The Balaban J connectivity index is 1.74. The number of amides is 1. The van der Waals surface area contributed by atoms with Crippen LogP contribution in [0.2, 0.25) is 0 Å². The molecule has 3 rings (SSSR count). The lowest BCUT2D eigenvalue weighted by molar-refractivity contribution is -0.385. The summed E-state index contributed by atoms with van der Waals surface area (Å²) in [6.45, 7) is 2.63. The van der Waals surface area contributed by atoms with Crippen molar-refractivity contribution in [2.24, 2.45) is 0 Å². The fraction of sp³-hybridized carbons (Fsp3) is 0.222. The quantitative estimate of drug-likeness (QED) is 0.503. The van der Waals surface area contributed by atoms with Crippen LogP contribution >= 0.6 is 0 Å². The molecule has 26 heavy (non-hydrogen) atoms. The maximum Gasteiger partial charge on any atom is 0.276 e. The van der Waals surface area contributed by atoms with Crippen LogP contribution in [0.15, 0.2) is 48.7 Å². The predicted octanol–water partition coefficient (Wildman–Crippen LogP) is 2.48. The fourth-order valence-electron chi connectivity index (χ4n) is 2.66. The Kier molecular flexibility index (Phi) is 5.55. The molecule has 1 saturated heterocycles. The van der Waals surface area contributed by atoms with Crippen molar-refractivity contribution in [3.63, 3.8) is 0 Å². The zero-order valence-electron chi connectivity index (χ0n) is 14.0. The molecule has 1 fully saturated rings. The molecule has 0 unspecified atom stereocenters. The molecule has 1 aliphatic heterocycles. The van der Waals surface area contributed by atoms with E-state index in [1.165, 1.54) is 18.2 Å². The molecule has 1 aromatic carbocycles. The Morgan fingerprint density at radius 3 is 2.77 bits per heavy atom. The molecular formula is C18H18N4O4. The summed E-state index contributed by atoms with van der Waals surface area (Å²) in [7, 11) is 0. The van der Waals surface area contributed by atoms with Gasteiger partial charge in [0, 0.05) is 31.4 Å². The number of ether oxygens (including phenoxy) is 1. The Bertz CT molecular complexity index is 831. The summed E-state index contributed by atoms with van der Waals surface area (Å²) in [6.07, 6.45) is 4.38. The van der Waals surface area contributed by atoms with Gasteiger partial charge in [-0.15, -0.1) is 0 Å². The van der Waals surface area contributed by atoms with Crippen LogP contribution < -0.4 is 10.2 Å². The van der Waals surface area contributed by atoms with Crippen molar-refractivity contribution in [1.82, 2.24) is 4.98 Å². The van der Waals surface area contributed by atoms with Crippen LogP contribution in [0.1, 0.15) is 5.56 Å². The molecule has 0 atom stereocenters. The minimum Gasteiger partial charge on any atom is -0.378 e.